The standard InChI is InChI=1S/C19H27N3.C2H6/c1-22(2)19(11-3-7-17-9-5-13-20-15-17)12-4-8-18-10-6-14-21-16-18;1-2/h5-6,9-10,13-16,19H,3-4,7-8,11-12H2,1-2H3;1-2H3. The highest BCUT2D eigenvalue weighted by molar-refractivity contribution is 5.09. The molecule has 0 spiro atoms. The summed E-state index contributed by atoms with van der Waals surface area (Å²) in [6.07, 6.45) is 14.8. The Morgan fingerprint density at radius 1 is 0.833 bits per heavy atom. The van der Waals surface area contributed by atoms with Crippen LogP contribution in [0.1, 0.15) is 50.7 Å². The van der Waals surface area contributed by atoms with Crippen molar-refractivity contribution in [1.29, 1.82) is 0 Å². The Kier molecular flexibility index (Phi) is 10.7. The van der Waals surface area contributed by atoms with Crippen LogP contribution in [0.2, 0.25) is 0 Å². The van der Waals surface area contributed by atoms with Gasteiger partial charge >= 0.3 is 0 Å². The Balaban J connectivity index is 0.00000139. The van der Waals surface area contributed by atoms with E-state index in [1.165, 1.54) is 36.8 Å². The highest BCUT2D eigenvalue weighted by atomic mass is 15.1. The molecule has 0 aliphatic rings. The number of pyridine rings is 2. The molecule has 0 aliphatic carbocycles. The number of aryl methyl sites for hydroxylation is 2. The molecular weight excluding hydrogens is 294 g/mol. The van der Waals surface area contributed by atoms with Crippen LogP contribution in [0.3, 0.4) is 0 Å². The summed E-state index contributed by atoms with van der Waals surface area (Å²) in [5.74, 6) is 0. The molecule has 0 atom stereocenters. The van der Waals surface area contributed by atoms with Gasteiger partial charge in [-0.25, -0.2) is 0 Å². The first-order chi connectivity index (χ1) is 11.8. The van der Waals surface area contributed by atoms with Crippen molar-refractivity contribution in [3.8, 4) is 0 Å². The first-order valence-corrected chi connectivity index (χ1v) is 9.20. The second kappa shape index (κ2) is 12.7. The van der Waals surface area contributed by atoms with Gasteiger partial charge in [0.05, 0.1) is 0 Å². The van der Waals surface area contributed by atoms with Gasteiger partial charge in [-0.2, -0.15) is 0 Å². The van der Waals surface area contributed by atoms with Crippen molar-refractivity contribution in [1.82, 2.24) is 14.9 Å². The zero-order valence-corrected chi connectivity index (χ0v) is 15.8. The summed E-state index contributed by atoms with van der Waals surface area (Å²) in [7, 11) is 4.39. The number of aromatic nitrogens is 2. The van der Waals surface area contributed by atoms with Gasteiger partial charge in [0.2, 0.25) is 0 Å². The van der Waals surface area contributed by atoms with E-state index in [1.54, 1.807) is 0 Å². The maximum atomic E-state index is 4.18. The number of nitrogens with zero attached hydrogens (tertiary/aromatic N) is 3. The Morgan fingerprint density at radius 2 is 1.29 bits per heavy atom. The monoisotopic (exact) mass is 327 g/mol. The van der Waals surface area contributed by atoms with Crippen LogP contribution in [0.4, 0.5) is 0 Å². The first-order valence-electron chi connectivity index (χ1n) is 9.20. The molecule has 0 amide bonds. The molecule has 0 fully saturated rings. The van der Waals surface area contributed by atoms with Crippen LogP contribution in [0, 0.1) is 0 Å². The molecule has 2 heterocycles. The zero-order valence-electron chi connectivity index (χ0n) is 15.8. The molecule has 3 nitrogen and oxygen atoms in total. The number of hydrogen-bond acceptors (Lipinski definition) is 3. The Bertz CT molecular complexity index is 466. The maximum absolute atomic E-state index is 4.18. The molecule has 0 N–H and O–H groups in total. The molecule has 132 valence electrons. The lowest BCUT2D eigenvalue weighted by molar-refractivity contribution is 0.256. The molecular formula is C21H33N3. The summed E-state index contributed by atoms with van der Waals surface area (Å²) in [5.41, 5.74) is 2.69. The molecule has 3 heteroatoms. The molecule has 0 radical (unpaired) electrons. The van der Waals surface area contributed by atoms with E-state index in [2.05, 4.69) is 41.1 Å². The summed E-state index contributed by atoms with van der Waals surface area (Å²) in [5, 5.41) is 0. The van der Waals surface area contributed by atoms with Crippen LogP contribution in [0.15, 0.2) is 49.1 Å². The number of rotatable bonds is 9. The van der Waals surface area contributed by atoms with E-state index in [0.717, 1.165) is 12.8 Å². The minimum absolute atomic E-state index is 0.661. The summed E-state index contributed by atoms with van der Waals surface area (Å²) in [6, 6.07) is 9.03. The van der Waals surface area contributed by atoms with Gasteiger partial charge in [-0.1, -0.05) is 26.0 Å². The molecule has 24 heavy (non-hydrogen) atoms. The van der Waals surface area contributed by atoms with E-state index in [0.29, 0.717) is 6.04 Å². The van der Waals surface area contributed by atoms with E-state index < -0.39 is 0 Å². The van der Waals surface area contributed by atoms with Gasteiger partial charge in [0.25, 0.3) is 0 Å². The van der Waals surface area contributed by atoms with Crippen molar-refractivity contribution in [2.24, 2.45) is 0 Å². The van der Waals surface area contributed by atoms with Crippen molar-refractivity contribution in [3.05, 3.63) is 60.2 Å². The highest BCUT2D eigenvalue weighted by Crippen LogP contribution is 2.15. The van der Waals surface area contributed by atoms with Crippen LogP contribution in [-0.4, -0.2) is 35.0 Å². The third-order valence-electron chi connectivity index (χ3n) is 4.18. The molecule has 2 aromatic rings. The smallest absolute Gasteiger partial charge is 0.0299 e. The van der Waals surface area contributed by atoms with E-state index in [9.17, 15) is 0 Å². The lowest BCUT2D eigenvalue weighted by Gasteiger charge is -2.24. The molecule has 0 saturated heterocycles. The quantitative estimate of drug-likeness (QED) is 0.664. The Morgan fingerprint density at radius 3 is 1.62 bits per heavy atom. The van der Waals surface area contributed by atoms with Crippen LogP contribution >= 0.6 is 0 Å². The lowest BCUT2D eigenvalue weighted by atomic mass is 9.99. The van der Waals surface area contributed by atoms with E-state index in [1.807, 2.05) is 50.8 Å². The van der Waals surface area contributed by atoms with Crippen LogP contribution in [0.5, 0.6) is 0 Å². The zero-order chi connectivity index (χ0) is 17.6. The number of hydrogen-bond donors (Lipinski definition) is 0. The SMILES string of the molecule is CC.CN(C)C(CCCc1cccnc1)CCCc1cccnc1. The topological polar surface area (TPSA) is 29.0 Å². The van der Waals surface area contributed by atoms with Gasteiger partial charge in [0.15, 0.2) is 0 Å². The van der Waals surface area contributed by atoms with Gasteiger partial charge < -0.3 is 4.90 Å². The van der Waals surface area contributed by atoms with Crippen molar-refractivity contribution in [2.75, 3.05) is 14.1 Å². The minimum Gasteiger partial charge on any atom is -0.306 e. The van der Waals surface area contributed by atoms with Gasteiger partial charge in [-0.15, -0.1) is 0 Å². The van der Waals surface area contributed by atoms with Crippen LogP contribution in [0.25, 0.3) is 0 Å². The van der Waals surface area contributed by atoms with Gasteiger partial charge in [-0.3, -0.25) is 9.97 Å². The molecule has 0 saturated carbocycles. The molecule has 0 bridgehead atoms. The van der Waals surface area contributed by atoms with Crippen molar-refractivity contribution >= 4 is 0 Å². The lowest BCUT2D eigenvalue weighted by Crippen LogP contribution is -2.28. The summed E-state index contributed by atoms with van der Waals surface area (Å²) in [4.78, 5) is 10.7. The Hall–Kier alpha value is -1.74. The maximum Gasteiger partial charge on any atom is 0.0299 e. The van der Waals surface area contributed by atoms with Gasteiger partial charge in [0, 0.05) is 30.8 Å². The minimum atomic E-state index is 0.661. The Labute approximate surface area is 148 Å². The van der Waals surface area contributed by atoms with Crippen LogP contribution in [-0.2, 0) is 12.8 Å². The van der Waals surface area contributed by atoms with Crippen LogP contribution < -0.4 is 0 Å². The van der Waals surface area contributed by atoms with Crippen molar-refractivity contribution in [2.45, 2.75) is 58.4 Å². The third-order valence-corrected chi connectivity index (χ3v) is 4.18. The van der Waals surface area contributed by atoms with E-state index in [4.69, 9.17) is 0 Å². The fourth-order valence-corrected chi connectivity index (χ4v) is 2.84. The second-order valence-corrected chi connectivity index (χ2v) is 6.12. The average molecular weight is 328 g/mol. The summed E-state index contributed by atoms with van der Waals surface area (Å²) >= 11 is 0. The van der Waals surface area contributed by atoms with Crippen molar-refractivity contribution in [3.63, 3.8) is 0 Å². The predicted octanol–water partition coefficient (Wildman–Crippen LogP) is 4.78. The second-order valence-electron chi connectivity index (χ2n) is 6.12. The molecule has 0 aliphatic heterocycles. The molecule has 2 aromatic heterocycles. The van der Waals surface area contributed by atoms with Crippen molar-refractivity contribution < 1.29 is 0 Å². The average Bonchev–Trinajstić information content (AvgIpc) is 2.64. The molecule has 0 unspecified atom stereocenters. The fourth-order valence-electron chi connectivity index (χ4n) is 2.84. The molecule has 2 rings (SSSR count). The largest absolute Gasteiger partial charge is 0.306 e. The van der Waals surface area contributed by atoms with E-state index >= 15 is 0 Å². The third kappa shape index (κ3) is 8.21. The highest BCUT2D eigenvalue weighted by Gasteiger charge is 2.11. The summed E-state index contributed by atoms with van der Waals surface area (Å²) < 4.78 is 0. The van der Waals surface area contributed by atoms with E-state index in [-0.39, 0.29) is 0 Å². The normalized spacial score (nSPS) is 10.6. The fraction of sp³-hybridized carbons (Fsp3) is 0.524. The van der Waals surface area contributed by atoms with Gasteiger partial charge in [-0.05, 0) is 75.9 Å². The molecule has 0 aromatic carbocycles. The van der Waals surface area contributed by atoms with Gasteiger partial charge in [0.1, 0.15) is 0 Å². The first kappa shape index (κ1) is 20.3. The predicted molar refractivity (Wildman–Crippen MR) is 103 cm³/mol. The summed E-state index contributed by atoms with van der Waals surface area (Å²) in [6.45, 7) is 4.00.